The van der Waals surface area contributed by atoms with E-state index in [0.29, 0.717) is 30.1 Å². The number of amides is 2. The lowest BCUT2D eigenvalue weighted by Gasteiger charge is -2.10. The van der Waals surface area contributed by atoms with Gasteiger partial charge in [-0.3, -0.25) is 9.59 Å². The summed E-state index contributed by atoms with van der Waals surface area (Å²) in [7, 11) is 1.59. The van der Waals surface area contributed by atoms with Gasteiger partial charge in [0.15, 0.2) is 0 Å². The average Bonchev–Trinajstić information content (AvgIpc) is 3.22. The number of hydrogen-bond acceptors (Lipinski definition) is 4. The van der Waals surface area contributed by atoms with Gasteiger partial charge in [0.25, 0.3) is 5.91 Å². The Hall–Kier alpha value is -3.61. The van der Waals surface area contributed by atoms with Crippen molar-refractivity contribution in [1.82, 2.24) is 20.4 Å². The number of benzene rings is 2. The highest BCUT2D eigenvalue weighted by Crippen LogP contribution is 2.31. The summed E-state index contributed by atoms with van der Waals surface area (Å²) in [6.07, 6.45) is 1.71. The molecular weight excluding hydrogens is 380 g/mol. The van der Waals surface area contributed by atoms with Crippen LogP contribution >= 0.6 is 0 Å². The number of rotatable bonds is 8. The van der Waals surface area contributed by atoms with E-state index in [9.17, 15) is 9.59 Å². The molecule has 0 aliphatic carbocycles. The SMILES string of the molecule is COc1ccccc1-c1nn(-c2ccccc2)cc1C(=O)NCCNC(=O)C(C)C. The van der Waals surface area contributed by atoms with Crippen molar-refractivity contribution in [2.45, 2.75) is 13.8 Å². The minimum absolute atomic E-state index is 0.0455. The van der Waals surface area contributed by atoms with E-state index in [1.54, 1.807) is 18.0 Å². The van der Waals surface area contributed by atoms with Gasteiger partial charge in [-0.15, -0.1) is 0 Å². The van der Waals surface area contributed by atoms with Crippen LogP contribution in [0.15, 0.2) is 60.8 Å². The maximum Gasteiger partial charge on any atom is 0.255 e. The Bertz CT molecular complexity index is 1010. The molecule has 0 saturated heterocycles. The molecule has 0 aliphatic rings. The zero-order chi connectivity index (χ0) is 21.5. The molecule has 0 aliphatic heterocycles. The number of carbonyl (C=O) groups is 2. The van der Waals surface area contributed by atoms with E-state index in [2.05, 4.69) is 15.7 Å². The topological polar surface area (TPSA) is 85.2 Å². The number of carbonyl (C=O) groups excluding carboxylic acids is 2. The van der Waals surface area contributed by atoms with Crippen molar-refractivity contribution in [3.05, 3.63) is 66.4 Å². The highest BCUT2D eigenvalue weighted by molar-refractivity contribution is 6.00. The first-order valence-electron chi connectivity index (χ1n) is 9.85. The molecule has 0 saturated carbocycles. The van der Waals surface area contributed by atoms with Crippen LogP contribution in [0, 0.1) is 5.92 Å². The molecule has 0 atom stereocenters. The zero-order valence-corrected chi connectivity index (χ0v) is 17.4. The van der Waals surface area contributed by atoms with Gasteiger partial charge in [0, 0.05) is 30.8 Å². The van der Waals surface area contributed by atoms with Crippen molar-refractivity contribution in [1.29, 1.82) is 0 Å². The molecule has 7 heteroatoms. The van der Waals surface area contributed by atoms with Gasteiger partial charge >= 0.3 is 0 Å². The summed E-state index contributed by atoms with van der Waals surface area (Å²) in [6, 6.07) is 17.0. The summed E-state index contributed by atoms with van der Waals surface area (Å²) >= 11 is 0. The quantitative estimate of drug-likeness (QED) is 0.563. The first-order chi connectivity index (χ1) is 14.5. The number of ether oxygens (including phenoxy) is 1. The molecule has 2 N–H and O–H groups in total. The number of para-hydroxylation sites is 2. The van der Waals surface area contributed by atoms with Crippen LogP contribution in [0.3, 0.4) is 0 Å². The second kappa shape index (κ2) is 9.73. The average molecular weight is 406 g/mol. The fourth-order valence-electron chi connectivity index (χ4n) is 2.95. The monoisotopic (exact) mass is 406 g/mol. The van der Waals surface area contributed by atoms with Crippen LogP contribution in [-0.4, -0.2) is 41.8 Å². The number of hydrogen-bond donors (Lipinski definition) is 2. The lowest BCUT2D eigenvalue weighted by molar-refractivity contribution is -0.123. The van der Waals surface area contributed by atoms with Gasteiger partial charge in [-0.2, -0.15) is 5.10 Å². The molecule has 2 aromatic carbocycles. The van der Waals surface area contributed by atoms with Crippen LogP contribution in [0.25, 0.3) is 16.9 Å². The molecule has 30 heavy (non-hydrogen) atoms. The third kappa shape index (κ3) is 4.86. The van der Waals surface area contributed by atoms with Crippen molar-refractivity contribution in [3.8, 4) is 22.7 Å². The zero-order valence-electron chi connectivity index (χ0n) is 17.4. The first-order valence-corrected chi connectivity index (χ1v) is 9.85. The summed E-state index contributed by atoms with van der Waals surface area (Å²) < 4.78 is 7.15. The van der Waals surface area contributed by atoms with Gasteiger partial charge in [-0.05, 0) is 24.3 Å². The van der Waals surface area contributed by atoms with E-state index in [4.69, 9.17) is 4.74 Å². The Labute approximate surface area is 176 Å². The highest BCUT2D eigenvalue weighted by Gasteiger charge is 2.21. The summed E-state index contributed by atoms with van der Waals surface area (Å²) in [5.41, 5.74) is 2.53. The van der Waals surface area contributed by atoms with Gasteiger partial charge in [-0.25, -0.2) is 4.68 Å². The van der Waals surface area contributed by atoms with E-state index in [0.717, 1.165) is 11.3 Å². The Morgan fingerprint density at radius 3 is 2.37 bits per heavy atom. The molecule has 0 bridgehead atoms. The van der Waals surface area contributed by atoms with Crippen LogP contribution in [0.4, 0.5) is 0 Å². The maximum absolute atomic E-state index is 12.9. The van der Waals surface area contributed by atoms with E-state index >= 15 is 0 Å². The van der Waals surface area contributed by atoms with E-state index < -0.39 is 0 Å². The largest absolute Gasteiger partial charge is 0.496 e. The molecular formula is C23H26N4O3. The molecule has 2 amide bonds. The van der Waals surface area contributed by atoms with Gasteiger partial charge in [0.2, 0.25) is 5.91 Å². The molecule has 1 aromatic heterocycles. The standard InChI is InChI=1S/C23H26N4O3/c1-16(2)22(28)24-13-14-25-23(29)19-15-27(17-9-5-4-6-10-17)26-21(19)18-11-7-8-12-20(18)30-3/h4-12,15-16H,13-14H2,1-3H3,(H,24,28)(H,25,29). The van der Waals surface area contributed by atoms with Crippen LogP contribution in [0.5, 0.6) is 5.75 Å². The second-order valence-corrected chi connectivity index (χ2v) is 7.07. The van der Waals surface area contributed by atoms with Crippen molar-refractivity contribution < 1.29 is 14.3 Å². The van der Waals surface area contributed by atoms with Crippen molar-refractivity contribution in [3.63, 3.8) is 0 Å². The van der Waals surface area contributed by atoms with E-state index in [1.807, 2.05) is 68.4 Å². The maximum atomic E-state index is 12.9. The normalized spacial score (nSPS) is 10.7. The van der Waals surface area contributed by atoms with Crippen LogP contribution in [0.1, 0.15) is 24.2 Å². The Kier molecular flexibility index (Phi) is 6.85. The molecule has 156 valence electrons. The molecule has 0 spiro atoms. The van der Waals surface area contributed by atoms with Gasteiger partial charge in [0.05, 0.1) is 18.4 Å². The molecule has 0 fully saturated rings. The predicted molar refractivity (Wildman–Crippen MR) is 116 cm³/mol. The van der Waals surface area contributed by atoms with Gasteiger partial charge < -0.3 is 15.4 Å². The van der Waals surface area contributed by atoms with E-state index in [-0.39, 0.29) is 17.7 Å². The summed E-state index contributed by atoms with van der Waals surface area (Å²) in [5.74, 6) is 0.226. The van der Waals surface area contributed by atoms with Crippen molar-refractivity contribution >= 4 is 11.8 Å². The Morgan fingerprint density at radius 2 is 1.67 bits per heavy atom. The van der Waals surface area contributed by atoms with Crippen molar-refractivity contribution in [2.24, 2.45) is 5.92 Å². The third-order valence-electron chi connectivity index (χ3n) is 4.58. The molecule has 0 radical (unpaired) electrons. The third-order valence-corrected chi connectivity index (χ3v) is 4.58. The summed E-state index contributed by atoms with van der Waals surface area (Å²) in [6.45, 7) is 4.33. The number of nitrogens with zero attached hydrogens (tertiary/aromatic N) is 2. The first kappa shape index (κ1) is 21.1. The lowest BCUT2D eigenvalue weighted by atomic mass is 10.1. The molecule has 0 unspecified atom stereocenters. The summed E-state index contributed by atoms with van der Waals surface area (Å²) in [5, 5.41) is 10.3. The molecule has 1 heterocycles. The molecule has 3 aromatic rings. The molecule has 7 nitrogen and oxygen atoms in total. The fourth-order valence-corrected chi connectivity index (χ4v) is 2.95. The van der Waals surface area contributed by atoms with Crippen molar-refractivity contribution in [2.75, 3.05) is 20.2 Å². The minimum Gasteiger partial charge on any atom is -0.496 e. The number of methoxy groups -OCH3 is 1. The number of aromatic nitrogens is 2. The van der Waals surface area contributed by atoms with E-state index in [1.165, 1.54) is 0 Å². The Morgan fingerprint density at radius 1 is 1.00 bits per heavy atom. The summed E-state index contributed by atoms with van der Waals surface area (Å²) in [4.78, 5) is 24.6. The highest BCUT2D eigenvalue weighted by atomic mass is 16.5. The molecule has 3 rings (SSSR count). The van der Waals surface area contributed by atoms with Crippen LogP contribution in [-0.2, 0) is 4.79 Å². The second-order valence-electron chi connectivity index (χ2n) is 7.07. The Balaban J connectivity index is 1.87. The lowest BCUT2D eigenvalue weighted by Crippen LogP contribution is -2.36. The van der Waals surface area contributed by atoms with Crippen LogP contribution in [0.2, 0.25) is 0 Å². The number of nitrogens with one attached hydrogen (secondary N) is 2. The fraction of sp³-hybridized carbons (Fsp3) is 0.261. The minimum atomic E-state index is -0.267. The van der Waals surface area contributed by atoms with Gasteiger partial charge in [0.1, 0.15) is 11.4 Å². The van der Waals surface area contributed by atoms with Crippen LogP contribution < -0.4 is 15.4 Å². The predicted octanol–water partition coefficient (Wildman–Crippen LogP) is 3.05. The smallest absolute Gasteiger partial charge is 0.255 e. The van der Waals surface area contributed by atoms with Gasteiger partial charge in [-0.1, -0.05) is 44.2 Å².